The summed E-state index contributed by atoms with van der Waals surface area (Å²) >= 11 is 12.9. The van der Waals surface area contributed by atoms with Crippen LogP contribution in [-0.2, 0) is 19.4 Å². The van der Waals surface area contributed by atoms with E-state index in [1.165, 1.54) is 11.1 Å². The number of aromatic amines is 1. The smallest absolute Gasteiger partial charge is 0.231 e. The lowest BCUT2D eigenvalue weighted by atomic mass is 10.0. The van der Waals surface area contributed by atoms with Gasteiger partial charge in [0, 0.05) is 45.7 Å². The maximum atomic E-state index is 6.55. The van der Waals surface area contributed by atoms with Crippen molar-refractivity contribution in [3.63, 3.8) is 0 Å². The minimum atomic E-state index is 0.234. The molecule has 0 spiro atoms. The van der Waals surface area contributed by atoms with Gasteiger partial charge in [-0.15, -0.1) is 0 Å². The first kappa shape index (κ1) is 20.3. The average Bonchev–Trinajstić information content (AvgIpc) is 3.36. The largest absolute Gasteiger partial charge is 0.454 e. The van der Waals surface area contributed by atoms with Crippen molar-refractivity contribution in [3.8, 4) is 11.5 Å². The minimum absolute atomic E-state index is 0.234. The van der Waals surface area contributed by atoms with Crippen LogP contribution < -0.4 is 14.8 Å². The van der Waals surface area contributed by atoms with E-state index in [1.807, 2.05) is 36.4 Å². The molecule has 158 valence electrons. The maximum absolute atomic E-state index is 6.55. The van der Waals surface area contributed by atoms with Gasteiger partial charge in [-0.05, 0) is 53.9 Å². The molecule has 4 nitrogen and oxygen atoms in total. The monoisotopic (exact) mass is 452 g/mol. The molecule has 0 aliphatic carbocycles. The second-order valence-electron chi connectivity index (χ2n) is 7.66. The predicted octanol–water partition coefficient (Wildman–Crippen LogP) is 6.13. The van der Waals surface area contributed by atoms with Gasteiger partial charge >= 0.3 is 0 Å². The van der Waals surface area contributed by atoms with Gasteiger partial charge in [0.15, 0.2) is 11.5 Å². The molecule has 1 aliphatic rings. The summed E-state index contributed by atoms with van der Waals surface area (Å²) in [6.45, 7) is 1.93. The number of H-pyrrole nitrogens is 1. The van der Waals surface area contributed by atoms with E-state index in [9.17, 15) is 0 Å². The molecule has 0 fully saturated rings. The van der Waals surface area contributed by atoms with Crippen LogP contribution in [0.5, 0.6) is 11.5 Å². The number of ether oxygens (including phenoxy) is 2. The Morgan fingerprint density at radius 3 is 2.58 bits per heavy atom. The molecule has 31 heavy (non-hydrogen) atoms. The van der Waals surface area contributed by atoms with E-state index < -0.39 is 0 Å². The maximum Gasteiger partial charge on any atom is 0.231 e. The SMILES string of the molecule is Clc1ccc2[nH]c(Cc3cc4c(cc3Cl)OCO4)c(CCNCc3ccccc3)c2c1. The number of halogens is 2. The Kier molecular flexibility index (Phi) is 5.77. The fraction of sp³-hybridized carbons (Fsp3) is 0.200. The molecule has 6 heteroatoms. The lowest BCUT2D eigenvalue weighted by Gasteiger charge is -2.09. The topological polar surface area (TPSA) is 46.3 Å². The molecule has 0 saturated carbocycles. The van der Waals surface area contributed by atoms with E-state index in [0.29, 0.717) is 17.2 Å². The first-order valence-corrected chi connectivity index (χ1v) is 11.0. The van der Waals surface area contributed by atoms with Crippen molar-refractivity contribution in [2.75, 3.05) is 13.3 Å². The van der Waals surface area contributed by atoms with Gasteiger partial charge < -0.3 is 19.8 Å². The molecule has 3 aromatic carbocycles. The molecule has 0 saturated heterocycles. The molecule has 1 aromatic heterocycles. The summed E-state index contributed by atoms with van der Waals surface area (Å²) in [5, 5.41) is 6.11. The molecule has 0 amide bonds. The number of aromatic nitrogens is 1. The molecule has 0 unspecified atom stereocenters. The molecule has 0 atom stereocenters. The van der Waals surface area contributed by atoms with E-state index in [2.05, 4.69) is 34.6 Å². The van der Waals surface area contributed by atoms with Gasteiger partial charge in [0.25, 0.3) is 0 Å². The standard InChI is InChI=1S/C25H22Cl2N2O2/c26-18-6-7-22-20(12-18)19(8-9-28-14-16-4-2-1-3-5-16)23(29-22)10-17-11-24-25(13-21(17)27)31-15-30-24/h1-7,11-13,28-29H,8-10,14-15H2. The fourth-order valence-corrected chi connectivity index (χ4v) is 4.43. The summed E-state index contributed by atoms with van der Waals surface area (Å²) in [5.41, 5.74) is 5.75. The third-order valence-electron chi connectivity index (χ3n) is 5.59. The Hall–Kier alpha value is -2.66. The number of benzene rings is 3. The van der Waals surface area contributed by atoms with E-state index in [-0.39, 0.29) is 6.79 Å². The van der Waals surface area contributed by atoms with Crippen molar-refractivity contribution >= 4 is 34.1 Å². The van der Waals surface area contributed by atoms with Gasteiger partial charge in [-0.2, -0.15) is 0 Å². The Balaban J connectivity index is 1.40. The van der Waals surface area contributed by atoms with E-state index in [4.69, 9.17) is 32.7 Å². The van der Waals surface area contributed by atoms with Crippen LogP contribution in [-0.4, -0.2) is 18.3 Å². The van der Waals surface area contributed by atoms with Crippen LogP contribution in [0.25, 0.3) is 10.9 Å². The first-order valence-electron chi connectivity index (χ1n) is 10.3. The van der Waals surface area contributed by atoms with Crippen molar-refractivity contribution in [1.29, 1.82) is 0 Å². The molecular formula is C25H22Cl2N2O2. The van der Waals surface area contributed by atoms with Gasteiger partial charge in [0.05, 0.1) is 0 Å². The number of fused-ring (bicyclic) bond motifs is 2. The number of nitrogens with one attached hydrogen (secondary N) is 2. The highest BCUT2D eigenvalue weighted by Crippen LogP contribution is 2.38. The van der Waals surface area contributed by atoms with Crippen LogP contribution in [0.4, 0.5) is 0 Å². The number of hydrogen-bond acceptors (Lipinski definition) is 3. The Morgan fingerprint density at radius 1 is 0.935 bits per heavy atom. The van der Waals surface area contributed by atoms with Gasteiger partial charge in [-0.1, -0.05) is 53.5 Å². The van der Waals surface area contributed by atoms with Crippen molar-refractivity contribution in [3.05, 3.63) is 93.1 Å². The molecule has 0 radical (unpaired) electrons. The summed E-state index contributed by atoms with van der Waals surface area (Å²) in [6, 6.07) is 20.2. The average molecular weight is 453 g/mol. The van der Waals surface area contributed by atoms with E-state index >= 15 is 0 Å². The van der Waals surface area contributed by atoms with Crippen LogP contribution in [0, 0.1) is 0 Å². The summed E-state index contributed by atoms with van der Waals surface area (Å²) < 4.78 is 11.0. The zero-order valence-corrected chi connectivity index (χ0v) is 18.4. The first-order chi connectivity index (χ1) is 15.2. The number of hydrogen-bond donors (Lipinski definition) is 2. The third-order valence-corrected chi connectivity index (χ3v) is 6.18. The van der Waals surface area contributed by atoms with Crippen molar-refractivity contribution in [1.82, 2.24) is 10.3 Å². The molecule has 1 aliphatic heterocycles. The molecular weight excluding hydrogens is 431 g/mol. The molecule has 2 heterocycles. The van der Waals surface area contributed by atoms with E-state index in [1.54, 1.807) is 0 Å². The van der Waals surface area contributed by atoms with Crippen LogP contribution in [0.2, 0.25) is 10.0 Å². The Bertz CT molecular complexity index is 1220. The van der Waals surface area contributed by atoms with Gasteiger partial charge in [-0.3, -0.25) is 0 Å². The van der Waals surface area contributed by atoms with Crippen LogP contribution in [0.15, 0.2) is 60.7 Å². The van der Waals surface area contributed by atoms with Crippen LogP contribution in [0.3, 0.4) is 0 Å². The quantitative estimate of drug-likeness (QED) is 0.331. The zero-order valence-electron chi connectivity index (χ0n) is 16.9. The summed E-state index contributed by atoms with van der Waals surface area (Å²) in [4.78, 5) is 3.58. The van der Waals surface area contributed by atoms with E-state index in [0.717, 1.165) is 52.4 Å². The van der Waals surface area contributed by atoms with Gasteiger partial charge in [-0.25, -0.2) is 0 Å². The highest BCUT2D eigenvalue weighted by Gasteiger charge is 2.19. The molecule has 4 aromatic rings. The normalized spacial score (nSPS) is 12.6. The highest BCUT2D eigenvalue weighted by molar-refractivity contribution is 6.32. The zero-order chi connectivity index (χ0) is 21.2. The summed E-state index contributed by atoms with van der Waals surface area (Å²) in [7, 11) is 0. The van der Waals surface area contributed by atoms with Crippen molar-refractivity contribution in [2.45, 2.75) is 19.4 Å². The van der Waals surface area contributed by atoms with Crippen LogP contribution >= 0.6 is 23.2 Å². The lowest BCUT2D eigenvalue weighted by Crippen LogP contribution is -2.17. The number of rotatable bonds is 7. The fourth-order valence-electron chi connectivity index (χ4n) is 4.04. The highest BCUT2D eigenvalue weighted by atomic mass is 35.5. The predicted molar refractivity (Wildman–Crippen MR) is 126 cm³/mol. The van der Waals surface area contributed by atoms with Gasteiger partial charge in [0.2, 0.25) is 6.79 Å². The second kappa shape index (κ2) is 8.83. The molecule has 5 rings (SSSR count). The van der Waals surface area contributed by atoms with Crippen molar-refractivity contribution in [2.24, 2.45) is 0 Å². The Morgan fingerprint density at radius 2 is 1.74 bits per heavy atom. The van der Waals surface area contributed by atoms with Gasteiger partial charge in [0.1, 0.15) is 0 Å². The minimum Gasteiger partial charge on any atom is -0.454 e. The Labute approximate surface area is 191 Å². The molecule has 0 bridgehead atoms. The van der Waals surface area contributed by atoms with Crippen molar-refractivity contribution < 1.29 is 9.47 Å². The third kappa shape index (κ3) is 4.38. The van der Waals surface area contributed by atoms with Crippen LogP contribution in [0.1, 0.15) is 22.4 Å². The second-order valence-corrected chi connectivity index (χ2v) is 8.50. The summed E-state index contributed by atoms with van der Waals surface area (Å²) in [6.07, 6.45) is 1.56. The lowest BCUT2D eigenvalue weighted by molar-refractivity contribution is 0.174. The molecule has 2 N–H and O–H groups in total. The summed E-state index contributed by atoms with van der Waals surface area (Å²) in [5.74, 6) is 1.44.